The molecule has 0 bridgehead atoms. The molecule has 0 spiro atoms. The number of esters is 1. The molecule has 17 heavy (non-hydrogen) atoms. The van der Waals surface area contributed by atoms with Crippen LogP contribution >= 0.6 is 11.3 Å². The molecule has 0 radical (unpaired) electrons. The van der Waals surface area contributed by atoms with E-state index in [4.69, 9.17) is 15.2 Å². The van der Waals surface area contributed by atoms with Crippen LogP contribution in [0, 0.1) is 0 Å². The number of nitrogens with two attached hydrogens (primary N) is 1. The van der Waals surface area contributed by atoms with Gasteiger partial charge in [-0.1, -0.05) is 0 Å². The summed E-state index contributed by atoms with van der Waals surface area (Å²) in [5.41, 5.74) is 6.30. The maximum absolute atomic E-state index is 11.6. The number of rotatable bonds is 3. The Hall–Kier alpha value is -1.43. The van der Waals surface area contributed by atoms with Crippen molar-refractivity contribution in [2.24, 2.45) is 0 Å². The quantitative estimate of drug-likeness (QED) is 0.834. The maximum atomic E-state index is 11.6. The molecule has 1 aliphatic rings. The Kier molecular flexibility index (Phi) is 3.42. The van der Waals surface area contributed by atoms with Gasteiger partial charge in [0.25, 0.3) is 0 Å². The third-order valence-corrected chi connectivity index (χ3v) is 4.08. The summed E-state index contributed by atoms with van der Waals surface area (Å²) in [6.07, 6.45) is 2.32. The van der Waals surface area contributed by atoms with Crippen molar-refractivity contribution in [2.45, 2.75) is 12.8 Å². The molecule has 1 aromatic rings. The van der Waals surface area contributed by atoms with Crippen LogP contribution in [0.3, 0.4) is 0 Å². The minimum absolute atomic E-state index is 0.381. The highest BCUT2D eigenvalue weighted by atomic mass is 32.1. The Morgan fingerprint density at radius 1 is 1.35 bits per heavy atom. The fourth-order valence-corrected chi connectivity index (χ4v) is 3.15. The summed E-state index contributed by atoms with van der Waals surface area (Å²) in [7, 11) is 2.92. The van der Waals surface area contributed by atoms with E-state index in [0.29, 0.717) is 16.3 Å². The van der Waals surface area contributed by atoms with Gasteiger partial charge in [0, 0.05) is 13.1 Å². The van der Waals surface area contributed by atoms with Crippen LogP contribution in [0.5, 0.6) is 5.75 Å². The van der Waals surface area contributed by atoms with Gasteiger partial charge in [0.2, 0.25) is 0 Å². The van der Waals surface area contributed by atoms with E-state index in [9.17, 15) is 4.79 Å². The lowest BCUT2D eigenvalue weighted by molar-refractivity contribution is 0.0607. The fraction of sp³-hybridized carbons (Fsp3) is 0.545. The average molecular weight is 256 g/mol. The number of nitrogen functional groups attached to an aromatic ring is 1. The van der Waals surface area contributed by atoms with E-state index in [-0.39, 0.29) is 0 Å². The monoisotopic (exact) mass is 256 g/mol. The number of thiophene rings is 1. The van der Waals surface area contributed by atoms with Gasteiger partial charge < -0.3 is 20.1 Å². The molecule has 0 unspecified atom stereocenters. The standard InChI is InChI=1S/C11H16N2O3S/c1-15-8-7(12)9(11(14)16-2)17-10(8)13-5-3-4-6-13/h3-6,12H2,1-2H3. The maximum Gasteiger partial charge on any atom is 0.350 e. The molecule has 1 aliphatic heterocycles. The van der Waals surface area contributed by atoms with E-state index in [0.717, 1.165) is 30.9 Å². The first-order valence-electron chi connectivity index (χ1n) is 5.48. The van der Waals surface area contributed by atoms with Crippen LogP contribution in [0.1, 0.15) is 22.5 Å². The van der Waals surface area contributed by atoms with Crippen molar-refractivity contribution in [3.63, 3.8) is 0 Å². The first-order valence-corrected chi connectivity index (χ1v) is 6.30. The van der Waals surface area contributed by atoms with Gasteiger partial charge in [-0.15, -0.1) is 11.3 Å². The lowest BCUT2D eigenvalue weighted by Crippen LogP contribution is -2.16. The molecule has 94 valence electrons. The molecule has 5 nitrogen and oxygen atoms in total. The van der Waals surface area contributed by atoms with Crippen LogP contribution in [0.4, 0.5) is 10.7 Å². The van der Waals surface area contributed by atoms with E-state index >= 15 is 0 Å². The smallest absolute Gasteiger partial charge is 0.350 e. The third kappa shape index (κ3) is 2.04. The molecule has 2 rings (SSSR count). The topological polar surface area (TPSA) is 64.8 Å². The number of hydrogen-bond donors (Lipinski definition) is 1. The molecule has 0 aromatic carbocycles. The van der Waals surface area contributed by atoms with Gasteiger partial charge in [0.1, 0.15) is 15.6 Å². The van der Waals surface area contributed by atoms with Crippen molar-refractivity contribution in [1.82, 2.24) is 0 Å². The molecule has 0 aliphatic carbocycles. The Morgan fingerprint density at radius 3 is 2.53 bits per heavy atom. The average Bonchev–Trinajstić information content (AvgIpc) is 2.95. The normalized spacial score (nSPS) is 15.1. The Morgan fingerprint density at radius 2 is 2.00 bits per heavy atom. The summed E-state index contributed by atoms with van der Waals surface area (Å²) < 4.78 is 10.0. The van der Waals surface area contributed by atoms with Crippen molar-refractivity contribution in [3.05, 3.63) is 4.88 Å². The van der Waals surface area contributed by atoms with E-state index in [2.05, 4.69) is 4.90 Å². The predicted octanol–water partition coefficient (Wildman–Crippen LogP) is 1.73. The highest BCUT2D eigenvalue weighted by Gasteiger charge is 2.26. The van der Waals surface area contributed by atoms with Gasteiger partial charge in [-0.2, -0.15) is 0 Å². The van der Waals surface area contributed by atoms with Gasteiger partial charge in [0.15, 0.2) is 5.75 Å². The lowest BCUT2D eigenvalue weighted by Gasteiger charge is -2.16. The highest BCUT2D eigenvalue weighted by Crippen LogP contribution is 2.45. The van der Waals surface area contributed by atoms with Gasteiger partial charge in [-0.25, -0.2) is 4.79 Å². The second kappa shape index (κ2) is 4.83. The minimum atomic E-state index is -0.406. The van der Waals surface area contributed by atoms with Crippen molar-refractivity contribution in [1.29, 1.82) is 0 Å². The van der Waals surface area contributed by atoms with Crippen LogP contribution in [0.25, 0.3) is 0 Å². The molecule has 1 aromatic heterocycles. The largest absolute Gasteiger partial charge is 0.492 e. The van der Waals surface area contributed by atoms with Crippen LogP contribution in [-0.2, 0) is 4.74 Å². The fourth-order valence-electron chi connectivity index (χ4n) is 1.99. The van der Waals surface area contributed by atoms with Crippen LogP contribution in [0.2, 0.25) is 0 Å². The number of nitrogens with zero attached hydrogens (tertiary/aromatic N) is 1. The predicted molar refractivity (Wildman–Crippen MR) is 68.1 cm³/mol. The highest BCUT2D eigenvalue weighted by molar-refractivity contribution is 7.19. The van der Waals surface area contributed by atoms with E-state index < -0.39 is 5.97 Å². The number of anilines is 2. The molecule has 1 saturated heterocycles. The number of methoxy groups -OCH3 is 2. The van der Waals surface area contributed by atoms with Crippen LogP contribution < -0.4 is 15.4 Å². The van der Waals surface area contributed by atoms with Crippen LogP contribution in [0.15, 0.2) is 0 Å². The molecule has 1 fully saturated rings. The molecular weight excluding hydrogens is 240 g/mol. The van der Waals surface area contributed by atoms with Gasteiger partial charge in [-0.05, 0) is 12.8 Å². The second-order valence-electron chi connectivity index (χ2n) is 3.87. The Bertz CT molecular complexity index is 425. The lowest BCUT2D eigenvalue weighted by atomic mass is 10.3. The van der Waals surface area contributed by atoms with Crippen molar-refractivity contribution < 1.29 is 14.3 Å². The number of ether oxygens (including phenoxy) is 2. The van der Waals surface area contributed by atoms with Crippen LogP contribution in [-0.4, -0.2) is 33.3 Å². The number of carbonyl (C=O) groups is 1. The Labute approximate surface area is 104 Å². The molecule has 0 atom stereocenters. The third-order valence-electron chi connectivity index (χ3n) is 2.85. The van der Waals surface area contributed by atoms with Crippen molar-refractivity contribution >= 4 is 28.0 Å². The summed E-state index contributed by atoms with van der Waals surface area (Å²) in [4.78, 5) is 14.2. The summed E-state index contributed by atoms with van der Waals surface area (Å²) in [6, 6.07) is 0. The molecule has 0 amide bonds. The van der Waals surface area contributed by atoms with Crippen molar-refractivity contribution in [2.75, 3.05) is 37.9 Å². The first kappa shape index (κ1) is 12.0. The van der Waals surface area contributed by atoms with Gasteiger partial charge >= 0.3 is 5.97 Å². The zero-order chi connectivity index (χ0) is 12.4. The Balaban J connectivity index is 2.40. The number of hydrogen-bond acceptors (Lipinski definition) is 6. The van der Waals surface area contributed by atoms with E-state index in [1.807, 2.05) is 0 Å². The first-order chi connectivity index (χ1) is 8.19. The molecule has 0 saturated carbocycles. The summed E-state index contributed by atoms with van der Waals surface area (Å²) in [5, 5.41) is 0.933. The summed E-state index contributed by atoms with van der Waals surface area (Å²) in [5.74, 6) is 0.188. The van der Waals surface area contributed by atoms with Gasteiger partial charge in [0.05, 0.1) is 14.2 Å². The summed E-state index contributed by atoms with van der Waals surface area (Å²) in [6.45, 7) is 1.97. The van der Waals surface area contributed by atoms with E-state index in [1.165, 1.54) is 18.4 Å². The molecule has 2 heterocycles. The van der Waals surface area contributed by atoms with Gasteiger partial charge in [-0.3, -0.25) is 0 Å². The van der Waals surface area contributed by atoms with E-state index in [1.54, 1.807) is 7.11 Å². The molecule has 6 heteroatoms. The summed E-state index contributed by atoms with van der Waals surface area (Å²) >= 11 is 1.34. The molecule has 2 N–H and O–H groups in total. The second-order valence-corrected chi connectivity index (χ2v) is 4.87. The zero-order valence-corrected chi connectivity index (χ0v) is 10.8. The van der Waals surface area contributed by atoms with Crippen molar-refractivity contribution in [3.8, 4) is 5.75 Å². The minimum Gasteiger partial charge on any atom is -0.492 e. The SMILES string of the molecule is COC(=O)c1sc(N2CCCC2)c(OC)c1N. The zero-order valence-electron chi connectivity index (χ0n) is 9.99. The molecular formula is C11H16N2O3S. The number of carbonyl (C=O) groups excluding carboxylic acids is 1.